The van der Waals surface area contributed by atoms with Gasteiger partial charge in [-0.25, -0.2) is 4.39 Å². The van der Waals surface area contributed by atoms with Gasteiger partial charge < -0.3 is 15.4 Å². The van der Waals surface area contributed by atoms with E-state index in [2.05, 4.69) is 20.3 Å². The lowest BCUT2D eigenvalue weighted by Gasteiger charge is -2.09. The molecule has 0 radical (unpaired) electrons. The summed E-state index contributed by atoms with van der Waals surface area (Å²) in [6.45, 7) is 0.295. The second kappa shape index (κ2) is 8.28. The Labute approximate surface area is 171 Å². The normalized spacial score (nSPS) is 12.9. The minimum Gasteiger partial charge on any atom is -0.505 e. The number of amides is 1. The monoisotopic (exact) mass is 406 g/mol. The average Bonchev–Trinajstić information content (AvgIpc) is 3.23. The van der Waals surface area contributed by atoms with Gasteiger partial charge in [-0.2, -0.15) is 0 Å². The number of carbonyl (C=O) groups excluding carboxylic acids is 1. The number of benzene rings is 1. The molecule has 1 aliphatic heterocycles. The van der Waals surface area contributed by atoms with Gasteiger partial charge in [0.1, 0.15) is 16.9 Å². The molecule has 0 unspecified atom stereocenters. The van der Waals surface area contributed by atoms with E-state index in [1.165, 1.54) is 12.1 Å². The maximum Gasteiger partial charge on any atom is 0.265 e. The first-order valence-electron chi connectivity index (χ1n) is 9.49. The van der Waals surface area contributed by atoms with Crippen LogP contribution >= 0.6 is 0 Å². The summed E-state index contributed by atoms with van der Waals surface area (Å²) in [7, 11) is 0. The fourth-order valence-corrected chi connectivity index (χ4v) is 3.32. The van der Waals surface area contributed by atoms with Crippen molar-refractivity contribution in [1.29, 1.82) is 0 Å². The summed E-state index contributed by atoms with van der Waals surface area (Å²) in [5, 5.41) is 13.1. The number of halogens is 1. The molecule has 8 heteroatoms. The summed E-state index contributed by atoms with van der Waals surface area (Å²) in [5.74, 6) is -1.45. The number of aromatic amines is 1. The van der Waals surface area contributed by atoms with E-state index in [0.29, 0.717) is 24.9 Å². The van der Waals surface area contributed by atoms with Gasteiger partial charge in [0.2, 0.25) is 0 Å². The van der Waals surface area contributed by atoms with Gasteiger partial charge in [0.25, 0.3) is 11.5 Å². The van der Waals surface area contributed by atoms with Crippen molar-refractivity contribution in [2.24, 2.45) is 4.99 Å². The van der Waals surface area contributed by atoms with Crippen molar-refractivity contribution in [2.45, 2.75) is 19.3 Å². The second-order valence-corrected chi connectivity index (χ2v) is 6.97. The number of carbonyl (C=O) groups is 1. The standard InChI is InChI=1S/C22H19FN4O3/c23-15-5-3-13(4-6-15)10-14-11-17-19(26-12-14)20(28)18(22(30)27-17)21(29)25-9-7-16-2-1-8-24-16/h2-6,8,11-12H,1,7,9-10H2,(H,25,29)(H2,27,28,30). The number of rotatable bonds is 6. The van der Waals surface area contributed by atoms with E-state index in [-0.39, 0.29) is 16.9 Å². The third-order valence-electron chi connectivity index (χ3n) is 4.81. The van der Waals surface area contributed by atoms with Gasteiger partial charge in [0.15, 0.2) is 5.75 Å². The predicted molar refractivity (Wildman–Crippen MR) is 111 cm³/mol. The smallest absolute Gasteiger partial charge is 0.265 e. The molecule has 0 bridgehead atoms. The molecule has 4 rings (SSSR count). The molecule has 152 valence electrons. The van der Waals surface area contributed by atoms with Crippen LogP contribution < -0.4 is 10.9 Å². The Kier molecular flexibility index (Phi) is 5.38. The van der Waals surface area contributed by atoms with Crippen LogP contribution in [0.1, 0.15) is 34.3 Å². The van der Waals surface area contributed by atoms with E-state index in [1.54, 1.807) is 30.6 Å². The molecule has 1 amide bonds. The highest BCUT2D eigenvalue weighted by Crippen LogP contribution is 2.24. The summed E-state index contributed by atoms with van der Waals surface area (Å²) >= 11 is 0. The molecule has 3 N–H and O–H groups in total. The van der Waals surface area contributed by atoms with Crippen LogP contribution in [0.5, 0.6) is 5.75 Å². The van der Waals surface area contributed by atoms with Crippen LogP contribution in [0.15, 0.2) is 58.1 Å². The van der Waals surface area contributed by atoms with E-state index in [1.807, 2.05) is 6.08 Å². The molecule has 2 aromatic heterocycles. The zero-order valence-electron chi connectivity index (χ0n) is 16.0. The van der Waals surface area contributed by atoms with Gasteiger partial charge in [-0.1, -0.05) is 18.2 Å². The molecule has 0 atom stereocenters. The van der Waals surface area contributed by atoms with Gasteiger partial charge in [-0.3, -0.25) is 19.6 Å². The maximum absolute atomic E-state index is 13.1. The molecule has 0 saturated carbocycles. The number of fused-ring (bicyclic) bond motifs is 1. The number of aromatic nitrogens is 2. The molecule has 3 heterocycles. The van der Waals surface area contributed by atoms with Crippen molar-refractivity contribution < 1.29 is 14.3 Å². The minimum atomic E-state index is -0.698. The number of allylic oxidation sites excluding steroid dienone is 1. The van der Waals surface area contributed by atoms with E-state index < -0.39 is 17.2 Å². The van der Waals surface area contributed by atoms with Gasteiger partial charge in [0.05, 0.1) is 5.52 Å². The maximum atomic E-state index is 13.1. The molecule has 0 fully saturated rings. The number of aromatic hydroxyl groups is 1. The molecule has 0 saturated heterocycles. The summed E-state index contributed by atoms with van der Waals surface area (Å²) in [6, 6.07) is 7.76. The molecule has 7 nitrogen and oxygen atoms in total. The number of nitrogens with one attached hydrogen (secondary N) is 2. The van der Waals surface area contributed by atoms with Crippen molar-refractivity contribution in [2.75, 3.05) is 6.54 Å². The zero-order valence-corrected chi connectivity index (χ0v) is 16.0. The Balaban J connectivity index is 1.55. The molecular weight excluding hydrogens is 387 g/mol. The average molecular weight is 406 g/mol. The van der Waals surface area contributed by atoms with Crippen LogP contribution in [-0.2, 0) is 6.42 Å². The molecular formula is C22H19FN4O3. The third kappa shape index (κ3) is 4.12. The topological polar surface area (TPSA) is 107 Å². The summed E-state index contributed by atoms with van der Waals surface area (Å²) in [5.41, 5.74) is 1.90. The molecule has 1 aliphatic rings. The Bertz CT molecular complexity index is 1230. The number of nitrogens with zero attached hydrogens (tertiary/aromatic N) is 2. The molecule has 30 heavy (non-hydrogen) atoms. The lowest BCUT2D eigenvalue weighted by Crippen LogP contribution is -2.30. The summed E-state index contributed by atoms with van der Waals surface area (Å²) < 4.78 is 13.1. The lowest BCUT2D eigenvalue weighted by atomic mass is 10.1. The van der Waals surface area contributed by atoms with Crippen molar-refractivity contribution in [3.05, 3.63) is 81.2 Å². The van der Waals surface area contributed by atoms with Crippen LogP contribution in [0.4, 0.5) is 4.39 Å². The van der Waals surface area contributed by atoms with Crippen molar-refractivity contribution in [3.8, 4) is 5.75 Å². The lowest BCUT2D eigenvalue weighted by molar-refractivity contribution is 0.0950. The SMILES string of the molecule is O=C(NCCC1=CCC=N1)c1c(O)c2ncc(Cc3ccc(F)cc3)cc2[nH]c1=O. The van der Waals surface area contributed by atoms with E-state index >= 15 is 0 Å². The van der Waals surface area contributed by atoms with Crippen molar-refractivity contribution >= 4 is 23.2 Å². The summed E-state index contributed by atoms with van der Waals surface area (Å²) in [4.78, 5) is 35.9. The van der Waals surface area contributed by atoms with E-state index in [4.69, 9.17) is 0 Å². The number of aliphatic imine (C=N–C) groups is 1. The highest BCUT2D eigenvalue weighted by atomic mass is 19.1. The Morgan fingerprint density at radius 3 is 2.77 bits per heavy atom. The van der Waals surface area contributed by atoms with Gasteiger partial charge in [-0.05, 0) is 35.7 Å². The molecule has 1 aromatic carbocycles. The molecule has 3 aromatic rings. The fraction of sp³-hybridized carbons (Fsp3) is 0.182. The van der Waals surface area contributed by atoms with E-state index in [9.17, 15) is 19.1 Å². The van der Waals surface area contributed by atoms with Gasteiger partial charge in [0, 0.05) is 37.5 Å². The largest absolute Gasteiger partial charge is 0.505 e. The van der Waals surface area contributed by atoms with Crippen molar-refractivity contribution in [3.63, 3.8) is 0 Å². The first kappa shape index (κ1) is 19.5. The quantitative estimate of drug-likeness (QED) is 0.585. The molecule has 0 spiro atoms. The Morgan fingerprint density at radius 1 is 1.23 bits per heavy atom. The fourth-order valence-electron chi connectivity index (χ4n) is 3.32. The van der Waals surface area contributed by atoms with Crippen LogP contribution in [-0.4, -0.2) is 33.7 Å². The minimum absolute atomic E-state index is 0.130. The van der Waals surface area contributed by atoms with Crippen LogP contribution in [0.25, 0.3) is 11.0 Å². The Hall–Kier alpha value is -3.81. The van der Waals surface area contributed by atoms with Crippen LogP contribution in [0, 0.1) is 5.82 Å². The number of hydrogen-bond acceptors (Lipinski definition) is 5. The first-order chi connectivity index (χ1) is 14.5. The first-order valence-corrected chi connectivity index (χ1v) is 9.49. The van der Waals surface area contributed by atoms with Crippen LogP contribution in [0.3, 0.4) is 0 Å². The number of pyridine rings is 2. The highest BCUT2D eigenvalue weighted by molar-refractivity contribution is 6.01. The van der Waals surface area contributed by atoms with E-state index in [0.717, 1.165) is 23.2 Å². The van der Waals surface area contributed by atoms with Crippen molar-refractivity contribution in [1.82, 2.24) is 15.3 Å². The summed E-state index contributed by atoms with van der Waals surface area (Å²) in [6.07, 6.45) is 7.10. The van der Waals surface area contributed by atoms with Gasteiger partial charge in [-0.15, -0.1) is 0 Å². The molecule has 0 aliphatic carbocycles. The number of H-pyrrole nitrogens is 1. The third-order valence-corrected chi connectivity index (χ3v) is 4.81. The highest BCUT2D eigenvalue weighted by Gasteiger charge is 2.20. The Morgan fingerprint density at radius 2 is 2.03 bits per heavy atom. The predicted octanol–water partition coefficient (Wildman–Crippen LogP) is 2.84. The number of hydrogen-bond donors (Lipinski definition) is 3. The van der Waals surface area contributed by atoms with Crippen LogP contribution in [0.2, 0.25) is 0 Å². The second-order valence-electron chi connectivity index (χ2n) is 6.97. The zero-order chi connectivity index (χ0) is 21.1. The van der Waals surface area contributed by atoms with Gasteiger partial charge >= 0.3 is 0 Å².